The number of nitrogens with zero attached hydrogens (tertiary/aromatic N) is 2. The van der Waals surface area contributed by atoms with E-state index < -0.39 is 16.4 Å². The van der Waals surface area contributed by atoms with Crippen LogP contribution in [0.2, 0.25) is 5.02 Å². The smallest absolute Gasteiger partial charge is 0.329 e. The van der Waals surface area contributed by atoms with Crippen molar-refractivity contribution >= 4 is 29.1 Å². The fourth-order valence-corrected chi connectivity index (χ4v) is 2.69. The van der Waals surface area contributed by atoms with E-state index in [1.165, 1.54) is 6.20 Å². The highest BCUT2D eigenvalue weighted by Gasteiger charge is 2.42. The molecule has 0 saturated heterocycles. The Kier molecular flexibility index (Phi) is 4.32. The standard InChI is InChI=1S/C13H16ClN3O4/c1-8-2-4-13(5-3-8,12(18)19)16-11-10(17(20)21)6-9(14)7-15-11/h6-8H,2-5H2,1H3,(H,15,16)(H,18,19). The number of hydrogen-bond acceptors (Lipinski definition) is 5. The summed E-state index contributed by atoms with van der Waals surface area (Å²) in [6, 6.07) is 1.16. The fraction of sp³-hybridized carbons (Fsp3) is 0.538. The third kappa shape index (κ3) is 3.24. The lowest BCUT2D eigenvalue weighted by Gasteiger charge is -2.36. The molecule has 1 aromatic rings. The summed E-state index contributed by atoms with van der Waals surface area (Å²) in [5.41, 5.74) is -1.53. The predicted octanol–water partition coefficient (Wildman–Crippen LogP) is 3.09. The molecule has 0 amide bonds. The van der Waals surface area contributed by atoms with E-state index in [0.717, 1.165) is 18.9 Å². The van der Waals surface area contributed by atoms with Gasteiger partial charge >= 0.3 is 11.7 Å². The molecule has 0 aliphatic heterocycles. The molecule has 1 aromatic heterocycles. The molecule has 2 rings (SSSR count). The van der Waals surface area contributed by atoms with E-state index in [9.17, 15) is 20.0 Å². The van der Waals surface area contributed by atoms with Gasteiger partial charge in [-0.1, -0.05) is 18.5 Å². The molecule has 21 heavy (non-hydrogen) atoms. The van der Waals surface area contributed by atoms with E-state index in [-0.39, 0.29) is 16.5 Å². The van der Waals surface area contributed by atoms with Gasteiger partial charge in [0.05, 0.1) is 9.95 Å². The average molecular weight is 314 g/mol. The third-order valence-electron chi connectivity index (χ3n) is 3.93. The second-order valence-electron chi connectivity index (χ2n) is 5.47. The Morgan fingerprint density at radius 1 is 1.57 bits per heavy atom. The molecule has 2 N–H and O–H groups in total. The highest BCUT2D eigenvalue weighted by atomic mass is 35.5. The molecule has 0 unspecified atom stereocenters. The maximum atomic E-state index is 11.6. The molecule has 0 bridgehead atoms. The number of carbonyl (C=O) groups is 1. The van der Waals surface area contributed by atoms with Gasteiger partial charge in [-0.05, 0) is 31.6 Å². The first-order valence-electron chi connectivity index (χ1n) is 6.65. The summed E-state index contributed by atoms with van der Waals surface area (Å²) in [6.45, 7) is 2.06. The van der Waals surface area contributed by atoms with Crippen molar-refractivity contribution in [3.8, 4) is 0 Å². The van der Waals surface area contributed by atoms with Gasteiger partial charge in [0.15, 0.2) is 0 Å². The summed E-state index contributed by atoms with van der Waals surface area (Å²) in [5, 5.41) is 23.5. The van der Waals surface area contributed by atoms with Crippen molar-refractivity contribution in [1.29, 1.82) is 0 Å². The van der Waals surface area contributed by atoms with Crippen LogP contribution in [-0.4, -0.2) is 26.5 Å². The number of hydrogen-bond donors (Lipinski definition) is 2. The minimum absolute atomic E-state index is 0.0543. The van der Waals surface area contributed by atoms with Crippen LogP contribution in [0.15, 0.2) is 12.3 Å². The van der Waals surface area contributed by atoms with Crippen molar-refractivity contribution in [2.24, 2.45) is 5.92 Å². The largest absolute Gasteiger partial charge is 0.480 e. The molecular formula is C13H16ClN3O4. The highest BCUT2D eigenvalue weighted by molar-refractivity contribution is 6.30. The number of carboxylic acid groups (broad SMARTS) is 1. The van der Waals surface area contributed by atoms with Crippen LogP contribution in [0, 0.1) is 16.0 Å². The van der Waals surface area contributed by atoms with Gasteiger partial charge in [-0.15, -0.1) is 0 Å². The van der Waals surface area contributed by atoms with E-state index in [4.69, 9.17) is 11.6 Å². The van der Waals surface area contributed by atoms with Crippen LogP contribution in [-0.2, 0) is 4.79 Å². The Morgan fingerprint density at radius 2 is 2.19 bits per heavy atom. The van der Waals surface area contributed by atoms with Crippen molar-refractivity contribution in [3.63, 3.8) is 0 Å². The summed E-state index contributed by atoms with van der Waals surface area (Å²) < 4.78 is 0. The minimum atomic E-state index is -1.21. The van der Waals surface area contributed by atoms with E-state index >= 15 is 0 Å². The molecule has 0 spiro atoms. The molecule has 1 aliphatic carbocycles. The zero-order valence-electron chi connectivity index (χ0n) is 11.5. The molecule has 8 heteroatoms. The van der Waals surface area contributed by atoms with Gasteiger partial charge in [0, 0.05) is 12.3 Å². The van der Waals surface area contributed by atoms with Crippen molar-refractivity contribution in [2.45, 2.75) is 38.1 Å². The Hall–Kier alpha value is -1.89. The number of halogens is 1. The molecule has 0 atom stereocenters. The second kappa shape index (κ2) is 5.85. The van der Waals surface area contributed by atoms with Crippen LogP contribution in [0.1, 0.15) is 32.6 Å². The fourth-order valence-electron chi connectivity index (χ4n) is 2.54. The van der Waals surface area contributed by atoms with Crippen LogP contribution in [0.4, 0.5) is 11.5 Å². The lowest BCUT2D eigenvalue weighted by atomic mass is 9.77. The molecule has 1 fully saturated rings. The SMILES string of the molecule is CC1CCC(Nc2ncc(Cl)cc2[N+](=O)[O-])(C(=O)O)CC1. The van der Waals surface area contributed by atoms with Gasteiger partial charge in [0.25, 0.3) is 0 Å². The van der Waals surface area contributed by atoms with Crippen LogP contribution in [0.5, 0.6) is 0 Å². The lowest BCUT2D eigenvalue weighted by molar-refractivity contribution is -0.384. The highest BCUT2D eigenvalue weighted by Crippen LogP contribution is 2.37. The molecule has 0 radical (unpaired) electrons. The number of anilines is 1. The zero-order chi connectivity index (χ0) is 15.6. The van der Waals surface area contributed by atoms with Gasteiger partial charge in [-0.25, -0.2) is 9.78 Å². The number of aromatic nitrogens is 1. The lowest BCUT2D eigenvalue weighted by Crippen LogP contribution is -2.49. The summed E-state index contributed by atoms with van der Waals surface area (Å²) in [6.07, 6.45) is 3.58. The maximum Gasteiger partial charge on any atom is 0.329 e. The molecule has 114 valence electrons. The Bertz CT molecular complexity index is 571. The van der Waals surface area contributed by atoms with E-state index in [0.29, 0.717) is 18.8 Å². The molecule has 1 saturated carbocycles. The van der Waals surface area contributed by atoms with Gasteiger partial charge in [0.1, 0.15) is 5.54 Å². The van der Waals surface area contributed by atoms with Gasteiger partial charge in [-0.3, -0.25) is 10.1 Å². The Morgan fingerprint density at radius 3 is 2.71 bits per heavy atom. The first-order valence-corrected chi connectivity index (χ1v) is 7.03. The second-order valence-corrected chi connectivity index (χ2v) is 5.91. The molecule has 0 aromatic carbocycles. The number of nitro groups is 1. The van der Waals surface area contributed by atoms with Gasteiger partial charge in [0.2, 0.25) is 5.82 Å². The molecule has 1 heterocycles. The number of rotatable bonds is 4. The first-order chi connectivity index (χ1) is 9.84. The van der Waals surface area contributed by atoms with Crippen LogP contribution >= 0.6 is 11.6 Å². The maximum absolute atomic E-state index is 11.6. The molecular weight excluding hydrogens is 298 g/mol. The average Bonchev–Trinajstić information content (AvgIpc) is 2.43. The quantitative estimate of drug-likeness (QED) is 0.653. The summed E-state index contributed by atoms with van der Waals surface area (Å²) in [7, 11) is 0. The summed E-state index contributed by atoms with van der Waals surface area (Å²) >= 11 is 5.71. The number of pyridine rings is 1. The number of carboxylic acids is 1. The van der Waals surface area contributed by atoms with E-state index in [1.807, 2.05) is 0 Å². The molecule has 7 nitrogen and oxygen atoms in total. The van der Waals surface area contributed by atoms with Crippen molar-refractivity contribution in [1.82, 2.24) is 4.98 Å². The number of aliphatic carboxylic acids is 1. The third-order valence-corrected chi connectivity index (χ3v) is 4.13. The van der Waals surface area contributed by atoms with E-state index in [1.54, 1.807) is 0 Å². The van der Waals surface area contributed by atoms with Crippen molar-refractivity contribution in [3.05, 3.63) is 27.4 Å². The van der Waals surface area contributed by atoms with Crippen LogP contribution in [0.3, 0.4) is 0 Å². The summed E-state index contributed by atoms with van der Waals surface area (Å²) in [5.74, 6) is -0.616. The molecule has 1 aliphatic rings. The topological polar surface area (TPSA) is 105 Å². The monoisotopic (exact) mass is 313 g/mol. The number of nitrogens with one attached hydrogen (secondary N) is 1. The Balaban J connectivity index is 2.34. The summed E-state index contributed by atoms with van der Waals surface area (Å²) in [4.78, 5) is 26.0. The van der Waals surface area contributed by atoms with Gasteiger partial charge < -0.3 is 10.4 Å². The van der Waals surface area contributed by atoms with E-state index in [2.05, 4.69) is 17.2 Å². The first kappa shape index (κ1) is 15.5. The van der Waals surface area contributed by atoms with Crippen molar-refractivity contribution in [2.75, 3.05) is 5.32 Å². The van der Waals surface area contributed by atoms with Crippen LogP contribution < -0.4 is 5.32 Å². The van der Waals surface area contributed by atoms with Crippen LogP contribution in [0.25, 0.3) is 0 Å². The minimum Gasteiger partial charge on any atom is -0.480 e. The zero-order valence-corrected chi connectivity index (χ0v) is 12.3. The predicted molar refractivity (Wildman–Crippen MR) is 77.5 cm³/mol. The normalized spacial score (nSPS) is 25.3. The Labute approximate surface area is 126 Å². The van der Waals surface area contributed by atoms with Gasteiger partial charge in [-0.2, -0.15) is 0 Å². The van der Waals surface area contributed by atoms with Crippen molar-refractivity contribution < 1.29 is 14.8 Å².